The summed E-state index contributed by atoms with van der Waals surface area (Å²) in [4.78, 5) is 10.8. The van der Waals surface area contributed by atoms with E-state index in [9.17, 15) is 13.2 Å². The van der Waals surface area contributed by atoms with Gasteiger partial charge in [0.15, 0.2) is 0 Å². The minimum Gasteiger partial charge on any atom is -0.489 e. The second-order valence-electron chi connectivity index (χ2n) is 5.73. The van der Waals surface area contributed by atoms with Gasteiger partial charge >= 0.3 is 5.97 Å². The SMILES string of the molecule is O=C(O)c1ccc(S(=O)(=O)Nc2ccc(OCc3ccccc3)cc2)cc1. The highest BCUT2D eigenvalue weighted by Gasteiger charge is 2.15. The molecule has 0 aromatic heterocycles. The fraction of sp³-hybridized carbons (Fsp3) is 0.0500. The van der Waals surface area contributed by atoms with Crippen LogP contribution < -0.4 is 9.46 Å². The number of hydrogen-bond acceptors (Lipinski definition) is 4. The molecule has 27 heavy (non-hydrogen) atoms. The lowest BCUT2D eigenvalue weighted by atomic mass is 10.2. The Morgan fingerprint density at radius 2 is 1.52 bits per heavy atom. The quantitative estimate of drug-likeness (QED) is 0.648. The van der Waals surface area contributed by atoms with Crippen LogP contribution in [-0.2, 0) is 16.6 Å². The largest absolute Gasteiger partial charge is 0.489 e. The number of rotatable bonds is 7. The second-order valence-corrected chi connectivity index (χ2v) is 7.42. The minimum atomic E-state index is -3.81. The van der Waals surface area contributed by atoms with Crippen molar-refractivity contribution >= 4 is 21.7 Å². The lowest BCUT2D eigenvalue weighted by molar-refractivity contribution is 0.0696. The van der Waals surface area contributed by atoms with Crippen LogP contribution in [0.4, 0.5) is 5.69 Å². The molecular weight excluding hydrogens is 366 g/mol. The first kappa shape index (κ1) is 18.5. The molecule has 0 bridgehead atoms. The van der Waals surface area contributed by atoms with E-state index in [4.69, 9.17) is 9.84 Å². The summed E-state index contributed by atoms with van der Waals surface area (Å²) in [7, 11) is -3.81. The van der Waals surface area contributed by atoms with Crippen molar-refractivity contribution < 1.29 is 23.1 Å². The summed E-state index contributed by atoms with van der Waals surface area (Å²) in [6.07, 6.45) is 0. The molecular formula is C20H17NO5S. The summed E-state index contributed by atoms with van der Waals surface area (Å²) in [6.45, 7) is 0.418. The van der Waals surface area contributed by atoms with Crippen LogP contribution in [0.3, 0.4) is 0 Å². The molecule has 0 radical (unpaired) electrons. The van der Waals surface area contributed by atoms with Crippen molar-refractivity contribution in [3.05, 3.63) is 90.0 Å². The molecule has 0 atom stereocenters. The Hall–Kier alpha value is -3.32. The first-order chi connectivity index (χ1) is 12.9. The number of nitrogens with one attached hydrogen (secondary N) is 1. The molecule has 0 heterocycles. The van der Waals surface area contributed by atoms with E-state index in [1.807, 2.05) is 30.3 Å². The maximum absolute atomic E-state index is 12.4. The number of anilines is 1. The van der Waals surface area contributed by atoms with Crippen molar-refractivity contribution in [2.45, 2.75) is 11.5 Å². The molecule has 0 unspecified atom stereocenters. The van der Waals surface area contributed by atoms with Gasteiger partial charge in [-0.1, -0.05) is 30.3 Å². The second kappa shape index (κ2) is 7.92. The summed E-state index contributed by atoms with van der Waals surface area (Å²) >= 11 is 0. The number of sulfonamides is 1. The molecule has 0 fully saturated rings. The summed E-state index contributed by atoms with van der Waals surface area (Å²) in [5, 5.41) is 8.88. The maximum atomic E-state index is 12.4. The topological polar surface area (TPSA) is 92.7 Å². The normalized spacial score (nSPS) is 11.0. The molecule has 0 aliphatic heterocycles. The summed E-state index contributed by atoms with van der Waals surface area (Å²) in [6, 6.07) is 21.3. The zero-order valence-corrected chi connectivity index (χ0v) is 15.0. The number of aromatic carboxylic acids is 1. The summed E-state index contributed by atoms with van der Waals surface area (Å²) < 4.78 is 32.9. The van der Waals surface area contributed by atoms with Gasteiger partial charge in [-0.15, -0.1) is 0 Å². The van der Waals surface area contributed by atoms with Crippen molar-refractivity contribution in [2.24, 2.45) is 0 Å². The van der Waals surface area contributed by atoms with Crippen molar-refractivity contribution in [1.82, 2.24) is 0 Å². The van der Waals surface area contributed by atoms with Crippen LogP contribution in [0.5, 0.6) is 5.75 Å². The van der Waals surface area contributed by atoms with Crippen LogP contribution in [0, 0.1) is 0 Å². The van der Waals surface area contributed by atoms with E-state index < -0.39 is 16.0 Å². The number of ether oxygens (including phenoxy) is 1. The van der Waals surface area contributed by atoms with Crippen LogP contribution in [-0.4, -0.2) is 19.5 Å². The smallest absolute Gasteiger partial charge is 0.335 e. The Bertz CT molecular complexity index is 1010. The highest BCUT2D eigenvalue weighted by atomic mass is 32.2. The zero-order valence-electron chi connectivity index (χ0n) is 14.2. The third-order valence-electron chi connectivity index (χ3n) is 3.77. The predicted octanol–water partition coefficient (Wildman–Crippen LogP) is 3.76. The molecule has 0 aliphatic carbocycles. The van der Waals surface area contributed by atoms with Crippen LogP contribution in [0.25, 0.3) is 0 Å². The fourth-order valence-electron chi connectivity index (χ4n) is 2.35. The van der Waals surface area contributed by atoms with Crippen LogP contribution >= 0.6 is 0 Å². The van der Waals surface area contributed by atoms with Crippen molar-refractivity contribution in [3.8, 4) is 5.75 Å². The van der Waals surface area contributed by atoms with E-state index >= 15 is 0 Å². The van der Waals surface area contributed by atoms with E-state index in [2.05, 4.69) is 4.72 Å². The molecule has 2 N–H and O–H groups in total. The Morgan fingerprint density at radius 1 is 0.889 bits per heavy atom. The molecule has 0 aliphatic rings. The lowest BCUT2D eigenvalue weighted by Gasteiger charge is -2.10. The van der Waals surface area contributed by atoms with E-state index in [1.165, 1.54) is 24.3 Å². The van der Waals surface area contributed by atoms with Crippen LogP contribution in [0.2, 0.25) is 0 Å². The van der Waals surface area contributed by atoms with Gasteiger partial charge in [0.1, 0.15) is 12.4 Å². The standard InChI is InChI=1S/C20H17NO5S/c22-20(23)16-6-12-19(13-7-16)27(24,25)21-17-8-10-18(11-9-17)26-14-15-4-2-1-3-5-15/h1-13,21H,14H2,(H,22,23). The van der Waals surface area contributed by atoms with Gasteiger partial charge < -0.3 is 9.84 Å². The van der Waals surface area contributed by atoms with E-state index in [0.29, 0.717) is 18.0 Å². The summed E-state index contributed by atoms with van der Waals surface area (Å²) in [5.41, 5.74) is 1.44. The van der Waals surface area contributed by atoms with Gasteiger partial charge in [-0.3, -0.25) is 4.72 Å². The van der Waals surface area contributed by atoms with Crippen molar-refractivity contribution in [1.29, 1.82) is 0 Å². The molecule has 3 aromatic rings. The molecule has 0 saturated carbocycles. The number of hydrogen-bond donors (Lipinski definition) is 2. The van der Waals surface area contributed by atoms with E-state index in [1.54, 1.807) is 24.3 Å². The molecule has 0 amide bonds. The molecule has 3 rings (SSSR count). The highest BCUT2D eigenvalue weighted by molar-refractivity contribution is 7.92. The van der Waals surface area contributed by atoms with Crippen molar-refractivity contribution in [3.63, 3.8) is 0 Å². The first-order valence-corrected chi connectivity index (χ1v) is 9.55. The van der Waals surface area contributed by atoms with Gasteiger partial charge in [-0.05, 0) is 54.1 Å². The Kier molecular flexibility index (Phi) is 5.42. The fourth-order valence-corrected chi connectivity index (χ4v) is 3.41. The van der Waals surface area contributed by atoms with Gasteiger partial charge in [0.2, 0.25) is 0 Å². The molecule has 3 aromatic carbocycles. The van der Waals surface area contributed by atoms with Crippen LogP contribution in [0.15, 0.2) is 83.8 Å². The number of carbonyl (C=O) groups is 1. The Labute approximate surface area is 157 Å². The average molecular weight is 383 g/mol. The van der Waals surface area contributed by atoms with Gasteiger partial charge in [-0.2, -0.15) is 0 Å². The predicted molar refractivity (Wildman–Crippen MR) is 101 cm³/mol. The maximum Gasteiger partial charge on any atom is 0.335 e. The number of benzene rings is 3. The van der Waals surface area contributed by atoms with E-state index in [0.717, 1.165) is 5.56 Å². The highest BCUT2D eigenvalue weighted by Crippen LogP contribution is 2.20. The average Bonchev–Trinajstić information content (AvgIpc) is 2.68. The third kappa shape index (κ3) is 4.86. The molecule has 7 heteroatoms. The zero-order chi connectivity index (χ0) is 19.3. The third-order valence-corrected chi connectivity index (χ3v) is 5.16. The number of carboxylic acid groups (broad SMARTS) is 1. The Balaban J connectivity index is 1.65. The molecule has 6 nitrogen and oxygen atoms in total. The van der Waals surface area contributed by atoms with Crippen LogP contribution in [0.1, 0.15) is 15.9 Å². The van der Waals surface area contributed by atoms with E-state index in [-0.39, 0.29) is 10.5 Å². The monoisotopic (exact) mass is 383 g/mol. The minimum absolute atomic E-state index is 0.0168. The van der Waals surface area contributed by atoms with Gasteiger partial charge in [0.25, 0.3) is 10.0 Å². The Morgan fingerprint density at radius 3 is 2.11 bits per heavy atom. The molecule has 138 valence electrons. The summed E-state index contributed by atoms with van der Waals surface area (Å²) in [5.74, 6) is -0.495. The van der Waals surface area contributed by atoms with Gasteiger partial charge in [0.05, 0.1) is 10.5 Å². The lowest BCUT2D eigenvalue weighted by Crippen LogP contribution is -2.13. The molecule has 0 saturated heterocycles. The van der Waals surface area contributed by atoms with Crippen molar-refractivity contribution in [2.75, 3.05) is 4.72 Å². The van der Waals surface area contributed by atoms with Gasteiger partial charge in [-0.25, -0.2) is 13.2 Å². The first-order valence-electron chi connectivity index (χ1n) is 8.07. The number of carboxylic acids is 1. The van der Waals surface area contributed by atoms with Gasteiger partial charge in [0, 0.05) is 5.69 Å². The molecule has 0 spiro atoms.